The molecule has 1 heterocycles. The Morgan fingerprint density at radius 2 is 1.93 bits per heavy atom. The number of benzene rings is 1. The zero-order valence-corrected chi connectivity index (χ0v) is 16.1. The SMILES string of the molecule is CCCCCC(C)NC(=O)c1nn(-c2ccccc2C(F)(F)F)c(C)cc1=O. The number of nitrogens with zero attached hydrogens (tertiary/aromatic N) is 2. The molecule has 0 spiro atoms. The van der Waals surface area contributed by atoms with E-state index < -0.39 is 28.8 Å². The summed E-state index contributed by atoms with van der Waals surface area (Å²) >= 11 is 0. The third kappa shape index (κ3) is 5.21. The average Bonchev–Trinajstić information content (AvgIpc) is 2.61. The number of rotatable bonds is 7. The molecule has 5 nitrogen and oxygen atoms in total. The Labute approximate surface area is 161 Å². The van der Waals surface area contributed by atoms with Crippen LogP contribution in [0.2, 0.25) is 0 Å². The fraction of sp³-hybridized carbons (Fsp3) is 0.450. The smallest absolute Gasteiger partial charge is 0.348 e. The van der Waals surface area contributed by atoms with Crippen LogP contribution in [0, 0.1) is 6.92 Å². The van der Waals surface area contributed by atoms with Crippen LogP contribution >= 0.6 is 0 Å². The molecule has 1 N–H and O–H groups in total. The van der Waals surface area contributed by atoms with E-state index in [0.717, 1.165) is 42.5 Å². The fourth-order valence-corrected chi connectivity index (χ4v) is 2.91. The van der Waals surface area contributed by atoms with E-state index in [1.165, 1.54) is 25.1 Å². The number of carbonyl (C=O) groups excluding carboxylic acids is 1. The maximum atomic E-state index is 13.3. The zero-order valence-electron chi connectivity index (χ0n) is 16.1. The molecule has 1 unspecified atom stereocenters. The van der Waals surface area contributed by atoms with Crippen molar-refractivity contribution in [2.45, 2.75) is 58.7 Å². The summed E-state index contributed by atoms with van der Waals surface area (Å²) in [6.07, 6.45) is -0.837. The number of hydrogen-bond acceptors (Lipinski definition) is 3. The van der Waals surface area contributed by atoms with Gasteiger partial charge in [0.2, 0.25) is 5.43 Å². The van der Waals surface area contributed by atoms with Crippen LogP contribution in [0.4, 0.5) is 13.2 Å². The average molecular weight is 395 g/mol. The molecule has 0 radical (unpaired) electrons. The van der Waals surface area contributed by atoms with Gasteiger partial charge in [-0.3, -0.25) is 9.59 Å². The van der Waals surface area contributed by atoms with E-state index in [0.29, 0.717) is 0 Å². The highest BCUT2D eigenvalue weighted by molar-refractivity contribution is 5.92. The Bertz CT molecular complexity index is 891. The van der Waals surface area contributed by atoms with Gasteiger partial charge in [-0.25, -0.2) is 4.68 Å². The van der Waals surface area contributed by atoms with Gasteiger partial charge < -0.3 is 5.32 Å². The molecular weight excluding hydrogens is 371 g/mol. The topological polar surface area (TPSA) is 64.0 Å². The Morgan fingerprint density at radius 3 is 2.57 bits per heavy atom. The molecule has 0 saturated carbocycles. The third-order valence-corrected chi connectivity index (χ3v) is 4.38. The van der Waals surface area contributed by atoms with Crippen LogP contribution in [-0.2, 0) is 6.18 Å². The first-order valence-electron chi connectivity index (χ1n) is 9.23. The summed E-state index contributed by atoms with van der Waals surface area (Å²) in [5.74, 6) is -0.688. The van der Waals surface area contributed by atoms with Gasteiger partial charge in [0.1, 0.15) is 0 Å². The molecule has 1 aromatic heterocycles. The minimum Gasteiger partial charge on any atom is -0.348 e. The molecule has 28 heavy (non-hydrogen) atoms. The van der Waals surface area contributed by atoms with Crippen LogP contribution in [0.3, 0.4) is 0 Å². The Kier molecular flexibility index (Phi) is 6.99. The van der Waals surface area contributed by atoms with Crippen LogP contribution in [0.1, 0.15) is 61.3 Å². The number of halogens is 3. The predicted octanol–water partition coefficient (Wildman–Crippen LogP) is 4.26. The Hall–Kier alpha value is -2.64. The predicted molar refractivity (Wildman–Crippen MR) is 101 cm³/mol. The van der Waals surface area contributed by atoms with E-state index >= 15 is 0 Å². The molecule has 1 atom stereocenters. The zero-order chi connectivity index (χ0) is 20.9. The number of hydrogen-bond donors (Lipinski definition) is 1. The third-order valence-electron chi connectivity index (χ3n) is 4.38. The van der Waals surface area contributed by atoms with Crippen LogP contribution in [0.25, 0.3) is 5.69 Å². The number of alkyl halides is 3. The summed E-state index contributed by atoms with van der Waals surface area (Å²) in [6.45, 7) is 5.36. The van der Waals surface area contributed by atoms with Crippen molar-refractivity contribution in [3.63, 3.8) is 0 Å². The first-order chi connectivity index (χ1) is 13.1. The highest BCUT2D eigenvalue weighted by Gasteiger charge is 2.34. The lowest BCUT2D eigenvalue weighted by molar-refractivity contribution is -0.137. The largest absolute Gasteiger partial charge is 0.418 e. The lowest BCUT2D eigenvalue weighted by Gasteiger charge is -2.17. The number of carbonyl (C=O) groups is 1. The molecule has 2 aromatic rings. The summed E-state index contributed by atoms with van der Waals surface area (Å²) in [6, 6.07) is 5.86. The first kappa shape index (κ1) is 21.7. The van der Waals surface area contributed by atoms with Gasteiger partial charge in [0.15, 0.2) is 5.69 Å². The molecule has 8 heteroatoms. The van der Waals surface area contributed by atoms with E-state index in [9.17, 15) is 22.8 Å². The Balaban J connectivity index is 2.39. The highest BCUT2D eigenvalue weighted by atomic mass is 19.4. The van der Waals surface area contributed by atoms with Gasteiger partial charge in [-0.1, -0.05) is 38.3 Å². The molecular formula is C20H24F3N3O2. The number of aromatic nitrogens is 2. The number of para-hydroxylation sites is 1. The normalized spacial score (nSPS) is 12.6. The number of aryl methyl sites for hydroxylation is 1. The van der Waals surface area contributed by atoms with Gasteiger partial charge in [0.05, 0.1) is 11.3 Å². The molecule has 0 fully saturated rings. The summed E-state index contributed by atoms with van der Waals surface area (Å²) < 4.78 is 41.0. The van der Waals surface area contributed by atoms with E-state index in [1.54, 1.807) is 0 Å². The van der Waals surface area contributed by atoms with Crippen molar-refractivity contribution >= 4 is 5.91 Å². The van der Waals surface area contributed by atoms with Crippen LogP contribution in [0.5, 0.6) is 0 Å². The molecule has 0 bridgehead atoms. The van der Waals surface area contributed by atoms with Gasteiger partial charge in [-0.15, -0.1) is 0 Å². The van der Waals surface area contributed by atoms with Crippen LogP contribution < -0.4 is 10.7 Å². The molecule has 1 aromatic carbocycles. The summed E-state index contributed by atoms with van der Waals surface area (Å²) in [5.41, 5.74) is -1.98. The number of amides is 1. The fourth-order valence-electron chi connectivity index (χ4n) is 2.91. The quantitative estimate of drug-likeness (QED) is 0.713. The maximum Gasteiger partial charge on any atom is 0.418 e. The molecule has 0 saturated heterocycles. The second-order valence-electron chi connectivity index (χ2n) is 6.80. The molecule has 2 rings (SSSR count). The van der Waals surface area contributed by atoms with Gasteiger partial charge in [-0.05, 0) is 32.4 Å². The molecule has 152 valence electrons. The van der Waals surface area contributed by atoms with Crippen molar-refractivity contribution in [1.29, 1.82) is 0 Å². The van der Waals surface area contributed by atoms with Crippen molar-refractivity contribution in [2.24, 2.45) is 0 Å². The lowest BCUT2D eigenvalue weighted by Crippen LogP contribution is -2.37. The van der Waals surface area contributed by atoms with Gasteiger partial charge in [-0.2, -0.15) is 18.3 Å². The maximum absolute atomic E-state index is 13.3. The van der Waals surface area contributed by atoms with Crippen LogP contribution in [0.15, 0.2) is 35.1 Å². The number of unbranched alkanes of at least 4 members (excludes halogenated alkanes) is 2. The highest BCUT2D eigenvalue weighted by Crippen LogP contribution is 2.33. The van der Waals surface area contributed by atoms with Gasteiger partial charge in [0.25, 0.3) is 5.91 Å². The van der Waals surface area contributed by atoms with Gasteiger partial charge in [0, 0.05) is 17.8 Å². The summed E-state index contributed by atoms with van der Waals surface area (Å²) in [5, 5.41) is 6.66. The second kappa shape index (κ2) is 9.03. The number of nitrogens with one attached hydrogen (secondary N) is 1. The summed E-state index contributed by atoms with van der Waals surface area (Å²) in [7, 11) is 0. The van der Waals surface area contributed by atoms with Crippen LogP contribution in [-0.4, -0.2) is 21.7 Å². The standard InChI is InChI=1S/C20H24F3N3O2/c1-4-5-6-9-13(2)24-19(28)18-17(27)12-14(3)26(25-18)16-11-8-7-10-15(16)20(21,22)23/h7-8,10-13H,4-6,9H2,1-3H3,(H,24,28). The van der Waals surface area contributed by atoms with E-state index in [-0.39, 0.29) is 17.4 Å². The molecule has 0 aliphatic carbocycles. The Morgan fingerprint density at radius 1 is 1.25 bits per heavy atom. The minimum absolute atomic E-state index is 0.169. The van der Waals surface area contributed by atoms with Crippen molar-refractivity contribution < 1.29 is 18.0 Å². The minimum atomic E-state index is -4.59. The van der Waals surface area contributed by atoms with Crippen molar-refractivity contribution in [3.8, 4) is 5.69 Å². The lowest BCUT2D eigenvalue weighted by atomic mass is 10.1. The molecule has 0 aliphatic rings. The van der Waals surface area contributed by atoms with Crippen molar-refractivity contribution in [1.82, 2.24) is 15.1 Å². The van der Waals surface area contributed by atoms with Gasteiger partial charge >= 0.3 is 6.18 Å². The van der Waals surface area contributed by atoms with E-state index in [1.807, 2.05) is 6.92 Å². The van der Waals surface area contributed by atoms with E-state index in [2.05, 4.69) is 17.3 Å². The molecule has 0 aliphatic heterocycles. The van der Waals surface area contributed by atoms with Crippen molar-refractivity contribution in [2.75, 3.05) is 0 Å². The monoisotopic (exact) mass is 395 g/mol. The summed E-state index contributed by atoms with van der Waals surface area (Å²) in [4.78, 5) is 24.7. The first-order valence-corrected chi connectivity index (χ1v) is 9.23. The van der Waals surface area contributed by atoms with Crippen molar-refractivity contribution in [3.05, 3.63) is 57.5 Å². The second-order valence-corrected chi connectivity index (χ2v) is 6.80. The van der Waals surface area contributed by atoms with E-state index in [4.69, 9.17) is 0 Å². The molecule has 1 amide bonds.